The Morgan fingerprint density at radius 2 is 2.31 bits per heavy atom. The second-order valence-electron chi connectivity index (χ2n) is 3.43. The Kier molecular flexibility index (Phi) is 2.90. The molecule has 2 unspecified atom stereocenters. The fourth-order valence-corrected chi connectivity index (χ4v) is 1.38. The summed E-state index contributed by atoms with van der Waals surface area (Å²) in [5, 5.41) is 9.75. The largest absolute Gasteiger partial charge is 0.385 e. The summed E-state index contributed by atoms with van der Waals surface area (Å²) in [5.74, 6) is 5.40. The number of hydrogen-bond acceptors (Lipinski definition) is 2. The topological polar surface area (TPSA) is 37.3 Å². The van der Waals surface area contributed by atoms with E-state index in [0.29, 0.717) is 6.42 Å². The first-order chi connectivity index (χ1) is 6.08. The van der Waals surface area contributed by atoms with Gasteiger partial charge in [-0.25, -0.2) is 0 Å². The lowest BCUT2D eigenvalue weighted by atomic mass is 9.89. The Balaban J connectivity index is 2.64. The third kappa shape index (κ3) is 2.19. The van der Waals surface area contributed by atoms with Gasteiger partial charge < -0.3 is 5.11 Å². The van der Waals surface area contributed by atoms with Gasteiger partial charge in [0.25, 0.3) is 0 Å². The van der Waals surface area contributed by atoms with Crippen LogP contribution in [0.25, 0.3) is 0 Å². The quantitative estimate of drug-likeness (QED) is 0.614. The first kappa shape index (κ1) is 10.0. The number of ketones is 1. The molecule has 0 radical (unpaired) electrons. The van der Waals surface area contributed by atoms with Crippen LogP contribution < -0.4 is 0 Å². The number of carbonyl (C=O) groups is 1. The van der Waals surface area contributed by atoms with Crippen molar-refractivity contribution in [2.24, 2.45) is 5.92 Å². The van der Waals surface area contributed by atoms with E-state index < -0.39 is 5.60 Å². The molecule has 0 saturated carbocycles. The second-order valence-corrected chi connectivity index (χ2v) is 3.43. The van der Waals surface area contributed by atoms with Gasteiger partial charge in [0.2, 0.25) is 0 Å². The van der Waals surface area contributed by atoms with E-state index in [-0.39, 0.29) is 11.7 Å². The Morgan fingerprint density at radius 1 is 1.62 bits per heavy atom. The summed E-state index contributed by atoms with van der Waals surface area (Å²) in [7, 11) is 0. The average Bonchev–Trinajstić information content (AvgIpc) is 2.31. The van der Waals surface area contributed by atoms with Gasteiger partial charge in [-0.05, 0) is 19.1 Å². The summed E-state index contributed by atoms with van der Waals surface area (Å²) >= 11 is 0. The summed E-state index contributed by atoms with van der Waals surface area (Å²) in [6, 6.07) is 0. The van der Waals surface area contributed by atoms with Crippen molar-refractivity contribution >= 4 is 5.78 Å². The molecule has 2 heteroatoms. The van der Waals surface area contributed by atoms with Crippen molar-refractivity contribution in [1.29, 1.82) is 0 Å². The Morgan fingerprint density at radius 3 is 2.77 bits per heavy atom. The number of hydrogen-bond donors (Lipinski definition) is 1. The first-order valence-corrected chi connectivity index (χ1v) is 4.49. The highest BCUT2D eigenvalue weighted by molar-refractivity contribution is 5.96. The molecular formula is C11H14O2. The minimum absolute atomic E-state index is 0.0181. The molecule has 0 spiro atoms. The molecule has 0 amide bonds. The molecule has 0 heterocycles. The predicted octanol–water partition coefficient (Wildman–Crippen LogP) is 1.30. The van der Waals surface area contributed by atoms with Gasteiger partial charge in [0.15, 0.2) is 5.78 Å². The van der Waals surface area contributed by atoms with Crippen molar-refractivity contribution in [3.8, 4) is 11.8 Å². The van der Waals surface area contributed by atoms with Crippen LogP contribution in [0, 0.1) is 17.8 Å². The van der Waals surface area contributed by atoms with Crippen LogP contribution in [-0.4, -0.2) is 16.5 Å². The highest BCUT2D eigenvalue weighted by Gasteiger charge is 2.37. The number of carbonyl (C=O) groups excluding carboxylic acids is 1. The molecule has 0 aromatic carbocycles. The number of allylic oxidation sites excluding steroid dienone is 1. The first-order valence-electron chi connectivity index (χ1n) is 4.49. The zero-order valence-electron chi connectivity index (χ0n) is 8.00. The molecule has 0 fully saturated rings. The molecule has 0 aliphatic heterocycles. The van der Waals surface area contributed by atoms with Crippen molar-refractivity contribution < 1.29 is 9.90 Å². The third-order valence-electron chi connectivity index (χ3n) is 2.24. The molecule has 0 aromatic heterocycles. The van der Waals surface area contributed by atoms with Crippen LogP contribution in [-0.2, 0) is 4.79 Å². The monoisotopic (exact) mass is 178 g/mol. The lowest BCUT2D eigenvalue weighted by Crippen LogP contribution is -2.32. The molecule has 70 valence electrons. The van der Waals surface area contributed by atoms with Crippen LogP contribution in [0.1, 0.15) is 26.7 Å². The van der Waals surface area contributed by atoms with Gasteiger partial charge in [0.05, 0.1) is 11.5 Å². The van der Waals surface area contributed by atoms with Crippen LogP contribution in [0.4, 0.5) is 0 Å². The van der Waals surface area contributed by atoms with E-state index in [1.807, 2.05) is 6.92 Å². The zero-order valence-corrected chi connectivity index (χ0v) is 8.00. The van der Waals surface area contributed by atoms with Crippen molar-refractivity contribution in [3.05, 3.63) is 12.2 Å². The van der Waals surface area contributed by atoms with Gasteiger partial charge in [-0.1, -0.05) is 6.92 Å². The average molecular weight is 178 g/mol. The summed E-state index contributed by atoms with van der Waals surface area (Å²) in [5.41, 5.74) is -1.00. The maximum Gasteiger partial charge on any atom is 0.162 e. The summed E-state index contributed by atoms with van der Waals surface area (Å²) in [6.45, 7) is 3.60. The zero-order chi connectivity index (χ0) is 9.90. The lowest BCUT2D eigenvalue weighted by Gasteiger charge is -2.21. The molecule has 1 aliphatic rings. The minimum Gasteiger partial charge on any atom is -0.385 e. The molecule has 1 aliphatic carbocycles. The van der Waals surface area contributed by atoms with Crippen molar-refractivity contribution in [2.45, 2.75) is 32.3 Å². The smallest absolute Gasteiger partial charge is 0.162 e. The lowest BCUT2D eigenvalue weighted by molar-refractivity contribution is -0.121. The number of rotatable bonds is 1. The minimum atomic E-state index is -1.00. The highest BCUT2D eigenvalue weighted by atomic mass is 16.3. The van der Waals surface area contributed by atoms with E-state index in [1.54, 1.807) is 13.0 Å². The predicted molar refractivity (Wildman–Crippen MR) is 50.9 cm³/mol. The Labute approximate surface area is 78.6 Å². The van der Waals surface area contributed by atoms with Crippen molar-refractivity contribution in [3.63, 3.8) is 0 Å². The molecule has 13 heavy (non-hydrogen) atoms. The maximum absolute atomic E-state index is 11.3. The van der Waals surface area contributed by atoms with E-state index >= 15 is 0 Å². The van der Waals surface area contributed by atoms with Gasteiger partial charge in [0, 0.05) is 12.8 Å². The van der Waals surface area contributed by atoms with Crippen LogP contribution in [0.15, 0.2) is 12.2 Å². The van der Waals surface area contributed by atoms with Gasteiger partial charge in [-0.15, -0.1) is 11.8 Å². The molecule has 2 atom stereocenters. The maximum atomic E-state index is 11.3. The van der Waals surface area contributed by atoms with E-state index in [1.165, 1.54) is 6.08 Å². The van der Waals surface area contributed by atoms with Crippen LogP contribution >= 0.6 is 0 Å². The van der Waals surface area contributed by atoms with Crippen LogP contribution in [0.5, 0.6) is 0 Å². The van der Waals surface area contributed by atoms with Gasteiger partial charge in [-0.3, -0.25) is 4.79 Å². The van der Waals surface area contributed by atoms with Crippen LogP contribution in [0.3, 0.4) is 0 Å². The van der Waals surface area contributed by atoms with Gasteiger partial charge >= 0.3 is 0 Å². The fraction of sp³-hybridized carbons (Fsp3) is 0.545. The van der Waals surface area contributed by atoms with Crippen molar-refractivity contribution in [1.82, 2.24) is 0 Å². The van der Waals surface area contributed by atoms with Gasteiger partial charge in [0.1, 0.15) is 0 Å². The molecule has 2 nitrogen and oxygen atoms in total. The normalized spacial score (nSPS) is 31.6. The molecule has 1 N–H and O–H groups in total. The number of aliphatic hydroxyl groups is 1. The molecule has 1 rings (SSSR count). The van der Waals surface area contributed by atoms with E-state index in [2.05, 4.69) is 11.8 Å². The molecule has 0 saturated heterocycles. The van der Waals surface area contributed by atoms with Crippen LogP contribution in [0.2, 0.25) is 0 Å². The van der Waals surface area contributed by atoms with E-state index in [4.69, 9.17) is 0 Å². The van der Waals surface area contributed by atoms with E-state index in [9.17, 15) is 9.90 Å². The SMILES string of the molecule is CCC#CCC1C(=O)C=CC1(C)O. The molecule has 0 aromatic rings. The summed E-state index contributed by atoms with van der Waals surface area (Å²) in [6.07, 6.45) is 4.23. The fourth-order valence-electron chi connectivity index (χ4n) is 1.38. The summed E-state index contributed by atoms with van der Waals surface area (Å²) in [4.78, 5) is 11.3. The van der Waals surface area contributed by atoms with Crippen molar-refractivity contribution in [2.75, 3.05) is 0 Å². The Hall–Kier alpha value is -1.07. The molecular weight excluding hydrogens is 164 g/mol. The summed E-state index contributed by atoms with van der Waals surface area (Å²) < 4.78 is 0. The Bertz CT molecular complexity index is 289. The standard InChI is InChI=1S/C11H14O2/c1-3-4-5-6-9-10(12)7-8-11(9,2)13/h7-9,13H,3,6H2,1-2H3. The third-order valence-corrected chi connectivity index (χ3v) is 2.24. The molecule has 0 bridgehead atoms. The van der Waals surface area contributed by atoms with Gasteiger partial charge in [-0.2, -0.15) is 0 Å². The highest BCUT2D eigenvalue weighted by Crippen LogP contribution is 2.28. The second kappa shape index (κ2) is 3.76. The van der Waals surface area contributed by atoms with E-state index in [0.717, 1.165) is 6.42 Å².